The van der Waals surface area contributed by atoms with Gasteiger partial charge in [0.05, 0.1) is 0 Å². The van der Waals surface area contributed by atoms with Gasteiger partial charge >= 0.3 is 605 Å². The maximum absolute atomic E-state index is 11.7. The van der Waals surface area contributed by atoms with Crippen molar-refractivity contribution < 1.29 is 24.7 Å². The first-order chi connectivity index (χ1) is 52.9. The van der Waals surface area contributed by atoms with Crippen LogP contribution in [0.5, 0.6) is 0 Å². The van der Waals surface area contributed by atoms with Gasteiger partial charge in [-0.05, 0) is 0 Å². The first-order valence-corrected chi connectivity index (χ1v) is 38.4. The number of anilines is 6. The molecule has 5 nitrogen and oxygen atoms in total. The Morgan fingerprint density at radius 2 is 0.500 bits per heavy atom. The van der Waals surface area contributed by atoms with Crippen molar-refractivity contribution >= 4 is 131 Å². The molecule has 0 saturated carbocycles. The number of hydrogen-bond donors (Lipinski definition) is 0. The van der Waals surface area contributed by atoms with Crippen molar-refractivity contribution in [3.63, 3.8) is 0 Å². The topological polar surface area (TPSA) is 21.3 Å². The zero-order valence-corrected chi connectivity index (χ0v) is 61.6. The summed E-state index contributed by atoms with van der Waals surface area (Å²) in [6, 6.07) is 24.4. The zero-order valence-electron chi connectivity index (χ0n) is 76.1. The molecule has 11 aromatic carbocycles. The SMILES string of the molecule is [2H]c1c([2H])c([2H])c(N2c3c([2H])c(-n4c5cc(C(C)(C)C)ccc5c5ccc(C(C)(C)C)cc54)c([2H])c([2H])[c]3[Bi]3[c]4c([2H])c([2H])c(-n5c6cc(C(C)(C)C)ccc6c6ccc(C(C)(C)C)cc65)c([2H])c4N(c4c([2H])c([2H])c([2H])c([2H])c4[2H])c4c([2H])c(-n5c6cc(C(C)(C)C)ccc6c6ccc(C(C)(C)C)cc65)c([2H])c2[c]43)c([2H])c1[2H]. The second kappa shape index (κ2) is 21.4. The Morgan fingerprint density at radius 1 is 0.260 bits per heavy atom. The quantitative estimate of drug-likeness (QED) is 0.160. The molecule has 0 fully saturated rings. The van der Waals surface area contributed by atoms with Gasteiger partial charge in [0.2, 0.25) is 0 Å². The van der Waals surface area contributed by atoms with Crippen LogP contribution in [0.3, 0.4) is 0 Å². The molecule has 0 unspecified atom stereocenters. The number of para-hydroxylation sites is 2. The Labute approximate surface area is 601 Å². The molecule has 0 radical (unpaired) electrons. The fourth-order valence-corrected chi connectivity index (χ4v) is 23.7. The summed E-state index contributed by atoms with van der Waals surface area (Å²) in [6.07, 6.45) is 0. The Kier molecular flexibility index (Phi) is 10.0. The third kappa shape index (κ3) is 9.91. The van der Waals surface area contributed by atoms with Gasteiger partial charge < -0.3 is 0 Å². The first-order valence-electron chi connectivity index (χ1n) is 42.2. The van der Waals surface area contributed by atoms with Gasteiger partial charge in [-0.1, -0.05) is 0 Å². The van der Waals surface area contributed by atoms with Crippen molar-refractivity contribution in [1.82, 2.24) is 13.7 Å². The number of hydrogen-bond acceptors (Lipinski definition) is 2. The zero-order chi connectivity index (χ0) is 82.9. The van der Waals surface area contributed by atoms with E-state index in [1.54, 1.807) is 13.7 Å². The van der Waals surface area contributed by atoms with Crippen LogP contribution in [0, 0.1) is 0 Å². The average molecular weight is 1470 g/mol. The number of aromatic nitrogens is 3. The monoisotopic (exact) mass is 1470 g/mol. The molecule has 0 spiro atoms. The van der Waals surface area contributed by atoms with Gasteiger partial charge in [0.25, 0.3) is 0 Å². The predicted octanol–water partition coefficient (Wildman–Crippen LogP) is 22.8. The molecule has 2 aliphatic heterocycles. The van der Waals surface area contributed by atoms with E-state index < -0.39 is 174 Å². The van der Waals surface area contributed by atoms with Crippen LogP contribution >= 0.6 is 0 Å². The van der Waals surface area contributed by atoms with Gasteiger partial charge in [-0.15, -0.1) is 0 Å². The van der Waals surface area contributed by atoms with Crippen molar-refractivity contribution in [3.05, 3.63) is 251 Å². The fraction of sp³-hybridized carbons (Fsp3) is 0.267. The molecule has 14 aromatic rings. The molecule has 0 aliphatic carbocycles. The fourth-order valence-electron chi connectivity index (χ4n) is 14.1. The van der Waals surface area contributed by atoms with Crippen LogP contribution in [-0.4, -0.2) is 35.5 Å². The summed E-state index contributed by atoms with van der Waals surface area (Å²) in [5.74, 6) is 0. The van der Waals surface area contributed by atoms with Crippen LogP contribution in [0.1, 0.15) is 183 Å². The summed E-state index contributed by atoms with van der Waals surface area (Å²) in [6.45, 7) is 37.3. The molecule has 480 valence electrons. The summed E-state index contributed by atoms with van der Waals surface area (Å²) in [7, 11) is 0. The van der Waals surface area contributed by atoms with Gasteiger partial charge in [0, 0.05) is 0 Å². The minimum atomic E-state index is -5.66. The number of benzene rings is 11. The molecule has 0 amide bonds. The number of fused-ring (bicyclic) bond motifs is 13. The number of rotatable bonds is 5. The summed E-state index contributed by atoms with van der Waals surface area (Å²) >= 11 is -5.66. The van der Waals surface area contributed by atoms with Gasteiger partial charge in [-0.3, -0.25) is 0 Å². The Bertz CT molecular complexity index is 6090. The van der Waals surface area contributed by atoms with Crippen molar-refractivity contribution in [2.45, 2.75) is 157 Å². The molecular weight excluding hydrogens is 1360 g/mol. The molecule has 96 heavy (non-hydrogen) atoms. The average Bonchev–Trinajstić information content (AvgIpc) is 0.885. The van der Waals surface area contributed by atoms with E-state index in [9.17, 15) is 24.7 Å². The van der Waals surface area contributed by atoms with E-state index >= 15 is 0 Å². The molecule has 2 aliphatic rings. The van der Waals surface area contributed by atoms with Crippen LogP contribution in [0.4, 0.5) is 34.1 Å². The summed E-state index contributed by atoms with van der Waals surface area (Å²) in [5, 5.41) is 4.39. The number of nitrogens with zero attached hydrogens (tertiary/aromatic N) is 5. The second-order valence-electron chi connectivity index (χ2n) is 32.3. The summed E-state index contributed by atoms with van der Waals surface area (Å²) < 4.78 is 194. The Hall–Kier alpha value is -8.70. The van der Waals surface area contributed by atoms with Crippen molar-refractivity contribution in [2.75, 3.05) is 9.80 Å². The Morgan fingerprint density at radius 3 is 0.750 bits per heavy atom. The maximum atomic E-state index is 11.7. The van der Waals surface area contributed by atoms with E-state index in [0.29, 0.717) is 43.9 Å². The Balaban J connectivity index is 1.21. The van der Waals surface area contributed by atoms with Crippen LogP contribution < -0.4 is 19.6 Å². The van der Waals surface area contributed by atoms with E-state index in [2.05, 4.69) is 125 Å². The third-order valence-corrected chi connectivity index (χ3v) is 29.0. The van der Waals surface area contributed by atoms with Gasteiger partial charge in [-0.2, -0.15) is 0 Å². The molecule has 5 heterocycles. The van der Waals surface area contributed by atoms with Crippen LogP contribution in [0.2, 0.25) is 0 Å². The molecule has 0 bridgehead atoms. The standard InChI is InChI=1S/C90H90N5.Bi/c1-85(2,3)58-35-41-73-74-42-36-59(86(4,5)6)48-80(74)93(79(73)47-58)68-33-25-31-66(53-68)91(64-27-21-19-22-28-64)70-55-71(57-72(56-70)95-83-51-62(89(13,14)15)39-45-77(83)78-46-40-63(52-84(78)95)90(16,17)18)92(65-29-23-20-24-30-65)67-32-26-34-69(54-67)94-81-49-60(87(7,8)9)37-43-75(81)76-44-38-61(50-82(76)94)88(10,11)12;/h19-30,33-54,56-57H,1-18H3;/i19D,20D,21D,22D,23D,24D,25D,26D,27D,28D,29D,30D,33D,34D,53D,54D,56D,57D;. The normalized spacial score (nSPS) is 16.7. The molecule has 0 atom stereocenters. The van der Waals surface area contributed by atoms with Crippen LogP contribution in [0.15, 0.2) is 218 Å². The second-order valence-corrected chi connectivity index (χ2v) is 40.2. The molecular formula is C90H90BiN5. The van der Waals surface area contributed by atoms with E-state index in [1.165, 1.54) is 9.80 Å². The van der Waals surface area contributed by atoms with Crippen molar-refractivity contribution in [3.8, 4) is 17.1 Å². The van der Waals surface area contributed by atoms with Gasteiger partial charge in [-0.25, -0.2) is 0 Å². The third-order valence-electron chi connectivity index (χ3n) is 19.6. The van der Waals surface area contributed by atoms with E-state index in [-0.39, 0.29) is 49.6 Å². The van der Waals surface area contributed by atoms with E-state index in [0.717, 1.165) is 54.9 Å². The molecule has 3 aromatic heterocycles. The molecule has 16 rings (SSSR count). The molecule has 0 saturated heterocycles. The van der Waals surface area contributed by atoms with Gasteiger partial charge in [0.1, 0.15) is 0 Å². The molecule has 0 N–H and O–H groups in total. The summed E-state index contributed by atoms with van der Waals surface area (Å²) in [4.78, 5) is 2.51. The van der Waals surface area contributed by atoms with Crippen LogP contribution in [0.25, 0.3) is 82.5 Å². The molecule has 6 heteroatoms. The predicted molar refractivity (Wildman–Crippen MR) is 416 cm³/mol. The minimum absolute atomic E-state index is 0.0444. The van der Waals surface area contributed by atoms with Gasteiger partial charge in [0.15, 0.2) is 0 Å². The van der Waals surface area contributed by atoms with E-state index in [4.69, 9.17) is 0 Å². The van der Waals surface area contributed by atoms with Crippen molar-refractivity contribution in [1.29, 1.82) is 0 Å². The van der Waals surface area contributed by atoms with Crippen molar-refractivity contribution in [2.24, 2.45) is 0 Å². The first kappa shape index (κ1) is 44.9. The van der Waals surface area contributed by atoms with E-state index in [1.807, 2.05) is 109 Å². The summed E-state index contributed by atoms with van der Waals surface area (Å²) in [5.41, 5.74) is 2.94. The van der Waals surface area contributed by atoms with Crippen LogP contribution in [-0.2, 0) is 32.5 Å².